The molecule has 0 spiro atoms. The van der Waals surface area contributed by atoms with Gasteiger partial charge in [0.25, 0.3) is 5.91 Å². The number of hydrogen-bond donors (Lipinski definition) is 20. The average molecular weight is 1690 g/mol. The molecular formula is C82H95Cl2N11O24. The first-order valence-electron chi connectivity index (χ1n) is 39.2. The van der Waals surface area contributed by atoms with Crippen LogP contribution in [0, 0.1) is 29.6 Å². The van der Waals surface area contributed by atoms with E-state index in [9.17, 15) is 60.3 Å². The lowest BCUT2D eigenvalue weighted by Gasteiger charge is -2.54. The van der Waals surface area contributed by atoms with Crippen LogP contribution in [0.3, 0.4) is 0 Å². The van der Waals surface area contributed by atoms with E-state index in [1.807, 2.05) is 13.8 Å². The van der Waals surface area contributed by atoms with Crippen LogP contribution in [0.4, 0.5) is 0 Å². The summed E-state index contributed by atoms with van der Waals surface area (Å²) in [6.07, 6.45) is -10.2. The molecule has 35 nitrogen and oxygen atoms in total. The highest BCUT2D eigenvalue weighted by Gasteiger charge is 2.51. The quantitative estimate of drug-likeness (QED) is 0.0461. The number of fused-ring (bicyclic) bond motifs is 15. The van der Waals surface area contributed by atoms with Crippen molar-refractivity contribution in [2.24, 2.45) is 41.1 Å². The Kier molecular flexibility index (Phi) is 26.7. The first-order chi connectivity index (χ1) is 56.9. The van der Waals surface area contributed by atoms with Gasteiger partial charge in [0.05, 0.1) is 42.3 Å². The lowest BCUT2D eigenvalue weighted by atomic mass is 9.54. The summed E-state index contributed by atoms with van der Waals surface area (Å²) in [6, 6.07) is 3.60. The van der Waals surface area contributed by atoms with Crippen LogP contribution >= 0.6 is 23.2 Å². The standard InChI is InChI=1S/C82H95Cl2N11O24/c1-34(2)18-49(87-3)75(107)94-66-68(101)38-7-11-53(47(83)25-38)116-57-28-43-29-58(73(57)119-82-72(105)71(104)70(103)59(33-96)118-82)117-54-12-8-39(26-48(54)84)69(102)67-81(113)93-65(79(111)90-62-41-20-35-19-36(22-41)23-42(62)21-35)46-30-44(97)31-52(99)61(46)45-24-37(6-10-51(45)98)63(77(109)95-67)92-78(110)64(43)91-76(108)50(88-80(66)112)32-60(100)89-74(106)40-9-13-55(114-16-4-14-85)56(27-40)115-17-5-15-86/h6-13,24-31,34-36,41-42,49-50,59,62-72,82,87,96-99,101-105H,4-5,14-23,32-33,85-86H2,1-3H3,(H,88,112)(H,90,111)(H,91,108)(H,92,110)(H,93,113)(H,94,107)(H,95,109)(H,89,100,106)/t35?,36?,41?,42?,49-,50+,59-,62?,63-,64-,65+,66-,67+,68-,69-,70-,71+,72-,82+/m1/s1. The van der Waals surface area contributed by atoms with Crippen molar-refractivity contribution in [3.63, 3.8) is 0 Å². The third kappa shape index (κ3) is 18.9. The zero-order valence-electron chi connectivity index (χ0n) is 64.7. The van der Waals surface area contributed by atoms with Gasteiger partial charge in [-0.1, -0.05) is 55.2 Å². The van der Waals surface area contributed by atoms with Crippen molar-refractivity contribution in [3.8, 4) is 68.6 Å². The maximum absolute atomic E-state index is 16.5. The summed E-state index contributed by atoms with van der Waals surface area (Å²) in [5, 5.41) is 128. The van der Waals surface area contributed by atoms with E-state index in [1.54, 1.807) is 0 Å². The molecule has 6 aromatic carbocycles. The van der Waals surface area contributed by atoms with Crippen LogP contribution < -0.4 is 83.0 Å². The maximum Gasteiger partial charge on any atom is 0.257 e. The maximum atomic E-state index is 16.5. The van der Waals surface area contributed by atoms with Crippen LogP contribution in [0.1, 0.15) is 140 Å². The number of nitrogens with two attached hydrogens (primary N) is 2. The van der Waals surface area contributed by atoms with Gasteiger partial charge in [0.15, 0.2) is 23.0 Å². The zero-order chi connectivity index (χ0) is 85.1. The Morgan fingerprint density at radius 1 is 0.605 bits per heavy atom. The first kappa shape index (κ1) is 86.2. The van der Waals surface area contributed by atoms with Crippen molar-refractivity contribution in [3.05, 3.63) is 140 Å². The number of carbonyl (C=O) groups excluding carboxylic acids is 9. The molecule has 5 fully saturated rings. The number of nitrogens with one attached hydrogen (secondary N) is 9. The summed E-state index contributed by atoms with van der Waals surface area (Å²) in [4.78, 5) is 139. The molecule has 15 bridgehead atoms. The highest BCUT2D eigenvalue weighted by Crippen LogP contribution is 2.55. The predicted molar refractivity (Wildman–Crippen MR) is 422 cm³/mol. The van der Waals surface area contributed by atoms with Gasteiger partial charge >= 0.3 is 0 Å². The number of rotatable bonds is 21. The van der Waals surface area contributed by atoms with Crippen molar-refractivity contribution in [2.45, 2.75) is 163 Å². The fourth-order valence-corrected chi connectivity index (χ4v) is 17.3. The molecule has 119 heavy (non-hydrogen) atoms. The van der Waals surface area contributed by atoms with Crippen LogP contribution in [0.15, 0.2) is 97.1 Å². The van der Waals surface area contributed by atoms with E-state index in [1.165, 1.54) is 43.4 Å². The minimum absolute atomic E-state index is 0.0590. The van der Waals surface area contributed by atoms with Crippen molar-refractivity contribution >= 4 is 76.4 Å². The molecule has 4 saturated carbocycles. The number of aromatic hydroxyl groups is 3. The minimum atomic E-state index is -2.41. The van der Waals surface area contributed by atoms with Gasteiger partial charge in [0.1, 0.15) is 102 Å². The second kappa shape index (κ2) is 36.9. The van der Waals surface area contributed by atoms with E-state index < -0.39 is 196 Å². The smallest absolute Gasteiger partial charge is 0.257 e. The molecule has 0 radical (unpaired) electrons. The molecule has 6 heterocycles. The number of imide groups is 1. The van der Waals surface area contributed by atoms with Gasteiger partial charge in [-0.2, -0.15) is 0 Å². The Labute approximate surface area is 691 Å². The molecule has 4 aliphatic carbocycles. The van der Waals surface area contributed by atoms with E-state index >= 15 is 28.8 Å². The van der Waals surface area contributed by atoms with Crippen LogP contribution in [0.5, 0.6) is 57.5 Å². The van der Waals surface area contributed by atoms with Crippen molar-refractivity contribution in [1.82, 2.24) is 47.9 Å². The fourth-order valence-electron chi connectivity index (χ4n) is 16.8. The fraction of sp³-hybridized carbons (Fsp3) is 0.451. The largest absolute Gasteiger partial charge is 0.508 e. The number of amides is 9. The van der Waals surface area contributed by atoms with Gasteiger partial charge in [0, 0.05) is 28.8 Å². The molecule has 10 aliphatic rings. The number of hydrogen-bond acceptors (Lipinski definition) is 27. The Morgan fingerprint density at radius 2 is 1.21 bits per heavy atom. The van der Waals surface area contributed by atoms with Crippen molar-refractivity contribution in [1.29, 1.82) is 0 Å². The summed E-state index contributed by atoms with van der Waals surface area (Å²) in [6.45, 7) is 3.39. The van der Waals surface area contributed by atoms with E-state index in [4.69, 9.17) is 63.1 Å². The van der Waals surface area contributed by atoms with Crippen LogP contribution in [-0.2, 0) is 43.1 Å². The molecule has 16 rings (SSSR count). The average Bonchev–Trinajstić information content (AvgIpc) is 0.753. The molecule has 6 aliphatic heterocycles. The number of aliphatic hydroxyl groups is 6. The van der Waals surface area contributed by atoms with Gasteiger partial charge in [0.2, 0.25) is 59.3 Å². The number of phenols is 3. The molecular weight excluding hydrogens is 1590 g/mol. The number of likely N-dealkylation sites (N-methyl/N-ethyl adjacent to an activating group) is 1. The Bertz CT molecular complexity index is 4860. The number of aliphatic hydroxyl groups excluding tert-OH is 6. The number of ether oxygens (including phenoxy) is 6. The number of phenolic OH excluding ortho intramolecular Hbond substituents is 3. The van der Waals surface area contributed by atoms with E-state index in [-0.39, 0.29) is 123 Å². The van der Waals surface area contributed by atoms with Crippen LogP contribution in [0.2, 0.25) is 10.0 Å². The topological polar surface area (TPSA) is 551 Å². The summed E-state index contributed by atoms with van der Waals surface area (Å²) in [5.74, 6) is -14.7. The summed E-state index contributed by atoms with van der Waals surface area (Å²) >= 11 is 14.3. The second-order valence-electron chi connectivity index (χ2n) is 31.4. The molecule has 0 aromatic heterocycles. The van der Waals surface area contributed by atoms with E-state index in [2.05, 4.69) is 47.9 Å². The third-order valence-corrected chi connectivity index (χ3v) is 23.2. The highest BCUT2D eigenvalue weighted by molar-refractivity contribution is 6.32. The summed E-state index contributed by atoms with van der Waals surface area (Å²) < 4.78 is 37.3. The van der Waals surface area contributed by atoms with Gasteiger partial charge in [-0.05, 0) is 202 Å². The summed E-state index contributed by atoms with van der Waals surface area (Å²) in [5.41, 5.74) is 8.98. The molecule has 37 heteroatoms. The zero-order valence-corrected chi connectivity index (χ0v) is 66.3. The predicted octanol–water partition coefficient (Wildman–Crippen LogP) is 2.65. The summed E-state index contributed by atoms with van der Waals surface area (Å²) in [7, 11) is 1.47. The van der Waals surface area contributed by atoms with Gasteiger partial charge < -0.3 is 128 Å². The first-order valence-corrected chi connectivity index (χ1v) is 40.0. The number of halogens is 2. The van der Waals surface area contributed by atoms with Gasteiger partial charge in [-0.15, -0.1) is 0 Å². The third-order valence-electron chi connectivity index (χ3n) is 22.6. The van der Waals surface area contributed by atoms with E-state index in [0.717, 1.165) is 92.8 Å². The molecule has 9 amide bonds. The SMILES string of the molecule is CN[C@H](CC(C)C)C(=O)N[C@H]1C(=O)N[C@@H](CC(=O)NC(=O)c2ccc(OCCCN)c(OCCCN)c2)C(=O)N[C@H]2C(=O)N[C@H]3C(=O)N[C@H](C(=O)N[C@H](C(=O)NC4C5CC6CC(C5)CC4C6)c4cc(O)cc(O)c4-c4cc3ccc4O)[C@H](O)c3ccc(c(Cl)c3)Oc3cc2cc(c3O[C@@H]2O[C@H](CO)[C@@H](O)[C@H](O)[C@H]2O)Oc2ccc(cc2Cl)[C@H]1O. The van der Waals surface area contributed by atoms with Crippen molar-refractivity contribution in [2.75, 3.05) is 40.0 Å². The molecule has 14 atom stereocenters. The molecule has 6 aromatic rings. The van der Waals surface area contributed by atoms with Gasteiger partial charge in [-0.3, -0.25) is 48.5 Å². The number of benzene rings is 6. The Hall–Kier alpha value is -10.7. The lowest BCUT2D eigenvalue weighted by molar-refractivity contribution is -0.277. The Balaban J connectivity index is 0.992. The molecule has 0 unspecified atom stereocenters. The molecule has 22 N–H and O–H groups in total. The number of carbonyl (C=O) groups is 9. The molecule has 636 valence electrons. The lowest BCUT2D eigenvalue weighted by Crippen LogP contribution is -2.60. The van der Waals surface area contributed by atoms with Crippen LogP contribution in [0.25, 0.3) is 11.1 Å². The van der Waals surface area contributed by atoms with Crippen LogP contribution in [-0.4, -0.2) is 200 Å². The Morgan fingerprint density at radius 3 is 1.82 bits per heavy atom. The van der Waals surface area contributed by atoms with Crippen molar-refractivity contribution < 1.29 is 118 Å². The monoisotopic (exact) mass is 1690 g/mol. The highest BCUT2D eigenvalue weighted by atomic mass is 35.5. The van der Waals surface area contributed by atoms with Gasteiger partial charge in [-0.25, -0.2) is 0 Å². The minimum Gasteiger partial charge on any atom is -0.508 e. The normalized spacial score (nSPS) is 27.3. The molecule has 1 saturated heterocycles. The van der Waals surface area contributed by atoms with E-state index in [0.29, 0.717) is 24.7 Å². The second-order valence-corrected chi connectivity index (χ2v) is 32.2.